The Morgan fingerprint density at radius 3 is 2.11 bits per heavy atom. The van der Waals surface area contributed by atoms with Gasteiger partial charge in [-0.25, -0.2) is 0 Å². The summed E-state index contributed by atoms with van der Waals surface area (Å²) in [6, 6.07) is 2.75. The molecule has 4 heteroatoms. The van der Waals surface area contributed by atoms with Gasteiger partial charge in [-0.2, -0.15) is 0 Å². The minimum Gasteiger partial charge on any atom is -0.455 e. The first-order chi connectivity index (χ1) is 13.2. The first kappa shape index (κ1) is 20.3. The fraction of sp³-hybridized carbons (Fsp3) is 1.00. The van der Waals surface area contributed by atoms with Gasteiger partial charge in [-0.3, -0.25) is 0 Å². The molecule has 6 aliphatic rings. The van der Waals surface area contributed by atoms with Gasteiger partial charge in [-0.05, 0) is 125 Å². The highest BCUT2D eigenvalue weighted by atomic mass is 28.4. The summed E-state index contributed by atoms with van der Waals surface area (Å²) in [5, 5.41) is 0. The molecule has 8 unspecified atom stereocenters. The van der Waals surface area contributed by atoms with Gasteiger partial charge in [-0.1, -0.05) is 13.3 Å². The highest BCUT2D eigenvalue weighted by Gasteiger charge is 2.65. The molecule has 8 atom stereocenters. The summed E-state index contributed by atoms with van der Waals surface area (Å²) in [6.45, 7) is 12.1. The first-order valence-electron chi connectivity index (χ1n) is 12.6. The van der Waals surface area contributed by atoms with Crippen molar-refractivity contribution in [2.24, 2.45) is 35.0 Å². The van der Waals surface area contributed by atoms with Gasteiger partial charge in [-0.15, -0.1) is 0 Å². The van der Waals surface area contributed by atoms with Crippen LogP contribution in [0.4, 0.5) is 0 Å². The third-order valence-corrected chi connectivity index (χ3v) is 17.1. The van der Waals surface area contributed by atoms with Gasteiger partial charge in [0.25, 0.3) is 0 Å². The molecule has 0 aromatic rings. The number of rotatable bonds is 7. The standard InChI is InChI=1S/C17H34OSi2.C7H10O/c1-6-10-19(2,3)18-20(4,5)11-9-17-8-7-14(13-17)15-12-16(15)17;1-2-5-3-4(1)6-7(5)8-6/h14-16H,6-13H2,1-5H3;4-7H,1-3H2. The molecular weight excluding hydrogens is 376 g/mol. The van der Waals surface area contributed by atoms with Gasteiger partial charge in [0.1, 0.15) is 0 Å². The molecule has 4 bridgehead atoms. The van der Waals surface area contributed by atoms with E-state index >= 15 is 0 Å². The predicted molar refractivity (Wildman–Crippen MR) is 121 cm³/mol. The highest BCUT2D eigenvalue weighted by Crippen LogP contribution is 2.73. The molecule has 6 fully saturated rings. The molecule has 0 radical (unpaired) electrons. The van der Waals surface area contributed by atoms with Crippen molar-refractivity contribution in [3.05, 3.63) is 0 Å². The number of epoxide rings is 1. The van der Waals surface area contributed by atoms with Crippen LogP contribution in [0.2, 0.25) is 38.3 Å². The van der Waals surface area contributed by atoms with Crippen LogP contribution in [0.1, 0.15) is 64.7 Å². The van der Waals surface area contributed by atoms with Crippen LogP contribution in [0.5, 0.6) is 0 Å². The number of ether oxygens (including phenoxy) is 1. The third kappa shape index (κ3) is 3.73. The Kier molecular flexibility index (Phi) is 5.02. The predicted octanol–water partition coefficient (Wildman–Crippen LogP) is 6.83. The second kappa shape index (κ2) is 6.93. The summed E-state index contributed by atoms with van der Waals surface area (Å²) < 4.78 is 12.2. The van der Waals surface area contributed by atoms with Crippen molar-refractivity contribution in [2.75, 3.05) is 0 Å². The molecule has 1 aliphatic heterocycles. The summed E-state index contributed by atoms with van der Waals surface area (Å²) in [5.41, 5.74) is 0.791. The SMILES string of the molecule is C1CC2CC1C1OC21.CCC[Si](C)(C)O[Si](C)(C)CCC12CCC(C1)C1CC12. The Hall–Kier alpha value is 0.354. The van der Waals surface area contributed by atoms with Crippen molar-refractivity contribution in [1.29, 1.82) is 0 Å². The molecule has 5 saturated carbocycles. The van der Waals surface area contributed by atoms with Gasteiger partial charge < -0.3 is 8.85 Å². The summed E-state index contributed by atoms with van der Waals surface area (Å²) in [6.07, 6.45) is 15.0. The third-order valence-electron chi connectivity index (χ3n) is 9.55. The lowest BCUT2D eigenvalue weighted by Gasteiger charge is -2.37. The molecule has 160 valence electrons. The Labute approximate surface area is 175 Å². The summed E-state index contributed by atoms with van der Waals surface area (Å²) >= 11 is 0. The molecule has 5 aliphatic carbocycles. The van der Waals surface area contributed by atoms with Crippen molar-refractivity contribution in [2.45, 2.75) is 115 Å². The smallest absolute Gasteiger partial charge is 0.173 e. The number of hydrogen-bond acceptors (Lipinski definition) is 2. The Balaban J connectivity index is 0.000000173. The fourth-order valence-electron chi connectivity index (χ4n) is 8.30. The van der Waals surface area contributed by atoms with Crippen LogP contribution in [0.25, 0.3) is 0 Å². The van der Waals surface area contributed by atoms with Crippen molar-refractivity contribution < 1.29 is 8.85 Å². The quantitative estimate of drug-likeness (QED) is 0.332. The van der Waals surface area contributed by atoms with Gasteiger partial charge in [0, 0.05) is 0 Å². The van der Waals surface area contributed by atoms with Crippen LogP contribution in [0.15, 0.2) is 0 Å². The van der Waals surface area contributed by atoms with Crippen molar-refractivity contribution in [1.82, 2.24) is 0 Å². The van der Waals surface area contributed by atoms with E-state index in [9.17, 15) is 0 Å². The minimum absolute atomic E-state index is 0.744. The van der Waals surface area contributed by atoms with Crippen molar-refractivity contribution in [3.63, 3.8) is 0 Å². The van der Waals surface area contributed by atoms with Crippen LogP contribution in [-0.2, 0) is 8.85 Å². The zero-order chi connectivity index (χ0) is 19.7. The van der Waals surface area contributed by atoms with E-state index in [4.69, 9.17) is 8.85 Å². The zero-order valence-corrected chi connectivity index (χ0v) is 21.1. The van der Waals surface area contributed by atoms with Gasteiger partial charge >= 0.3 is 0 Å². The molecule has 1 heterocycles. The van der Waals surface area contributed by atoms with Gasteiger partial charge in [0.15, 0.2) is 16.6 Å². The molecular formula is C24H44O2Si2. The van der Waals surface area contributed by atoms with E-state index in [2.05, 4.69) is 33.1 Å². The molecule has 0 amide bonds. The molecule has 0 spiro atoms. The van der Waals surface area contributed by atoms with Crippen LogP contribution in [0, 0.1) is 35.0 Å². The maximum Gasteiger partial charge on any atom is 0.173 e. The largest absolute Gasteiger partial charge is 0.455 e. The van der Waals surface area contributed by atoms with Crippen molar-refractivity contribution in [3.8, 4) is 0 Å². The van der Waals surface area contributed by atoms with E-state index in [1.165, 1.54) is 50.1 Å². The lowest BCUT2D eigenvalue weighted by molar-refractivity contribution is 0.245. The fourth-order valence-corrected chi connectivity index (χ4v) is 17.4. The highest BCUT2D eigenvalue weighted by molar-refractivity contribution is 6.84. The number of fused-ring (bicyclic) bond motifs is 10. The van der Waals surface area contributed by atoms with Crippen LogP contribution < -0.4 is 0 Å². The van der Waals surface area contributed by atoms with Crippen molar-refractivity contribution >= 4 is 16.6 Å². The zero-order valence-electron chi connectivity index (χ0n) is 19.1. The normalized spacial score (nSPS) is 46.8. The molecule has 2 nitrogen and oxygen atoms in total. The van der Waals surface area contributed by atoms with E-state index in [1.54, 1.807) is 25.7 Å². The van der Waals surface area contributed by atoms with E-state index in [1.807, 2.05) is 0 Å². The maximum atomic E-state index is 6.76. The lowest BCUT2D eigenvalue weighted by atomic mass is 9.80. The average Bonchev–Trinajstić information content (AvgIpc) is 3.46. The maximum absolute atomic E-state index is 6.76. The van der Waals surface area contributed by atoms with E-state index < -0.39 is 16.6 Å². The molecule has 1 saturated heterocycles. The monoisotopic (exact) mass is 420 g/mol. The second-order valence-electron chi connectivity index (χ2n) is 12.6. The molecule has 0 N–H and O–H groups in total. The minimum atomic E-state index is -1.44. The Morgan fingerprint density at radius 1 is 0.893 bits per heavy atom. The topological polar surface area (TPSA) is 21.8 Å². The van der Waals surface area contributed by atoms with Crippen LogP contribution >= 0.6 is 0 Å². The average molecular weight is 421 g/mol. The molecule has 0 aromatic heterocycles. The van der Waals surface area contributed by atoms with E-state index in [-0.39, 0.29) is 0 Å². The molecule has 6 rings (SSSR count). The van der Waals surface area contributed by atoms with E-state index in [0.717, 1.165) is 41.3 Å². The summed E-state index contributed by atoms with van der Waals surface area (Å²) in [4.78, 5) is 0. The Bertz CT molecular complexity index is 591. The first-order valence-corrected chi connectivity index (χ1v) is 18.8. The summed E-state index contributed by atoms with van der Waals surface area (Å²) in [7, 11) is -2.82. The Morgan fingerprint density at radius 2 is 1.57 bits per heavy atom. The summed E-state index contributed by atoms with van der Waals surface area (Å²) in [5.74, 6) is 5.43. The van der Waals surface area contributed by atoms with Gasteiger partial charge in [0.2, 0.25) is 0 Å². The second-order valence-corrected chi connectivity index (χ2v) is 21.5. The van der Waals surface area contributed by atoms with E-state index in [0.29, 0.717) is 0 Å². The van der Waals surface area contributed by atoms with Gasteiger partial charge in [0.05, 0.1) is 12.2 Å². The lowest BCUT2D eigenvalue weighted by Crippen LogP contribution is -2.44. The number of hydrogen-bond donors (Lipinski definition) is 0. The van der Waals surface area contributed by atoms with Crippen LogP contribution in [-0.4, -0.2) is 28.8 Å². The molecule has 28 heavy (non-hydrogen) atoms. The van der Waals surface area contributed by atoms with Crippen LogP contribution in [0.3, 0.4) is 0 Å². The molecule has 0 aromatic carbocycles.